The molecule has 2 amide bonds. The zero-order valence-corrected chi connectivity index (χ0v) is 19.6. The van der Waals surface area contributed by atoms with E-state index in [9.17, 15) is 24.5 Å². The highest BCUT2D eigenvalue weighted by Gasteiger charge is 2.78. The minimum absolute atomic E-state index is 0.105. The van der Waals surface area contributed by atoms with Crippen LogP contribution in [0.2, 0.25) is 0 Å². The second-order valence-electron chi connectivity index (χ2n) is 10.1. The van der Waals surface area contributed by atoms with Crippen LogP contribution in [0.3, 0.4) is 0 Å². The second-order valence-corrected chi connectivity index (χ2v) is 10.1. The van der Waals surface area contributed by atoms with E-state index in [-0.39, 0.29) is 23.1 Å². The molecule has 4 aliphatic heterocycles. The number of nitro groups is 1. The predicted octanol–water partition coefficient (Wildman–Crippen LogP) is 3.61. The molecule has 9 nitrogen and oxygen atoms in total. The van der Waals surface area contributed by atoms with E-state index < -0.39 is 33.6 Å². The summed E-state index contributed by atoms with van der Waals surface area (Å²) in [5.41, 5.74) is -0.315. The van der Waals surface area contributed by atoms with Gasteiger partial charge in [-0.15, -0.1) is 0 Å². The lowest BCUT2D eigenvalue weighted by atomic mass is 9.60. The van der Waals surface area contributed by atoms with Gasteiger partial charge in [-0.05, 0) is 37.1 Å². The van der Waals surface area contributed by atoms with Gasteiger partial charge in [-0.1, -0.05) is 48.5 Å². The Hall–Kier alpha value is -4.37. The lowest BCUT2D eigenvalue weighted by molar-refractivity contribution is -0.384. The number of nitro benzene ring substituents is 1. The second kappa shape index (κ2) is 7.33. The summed E-state index contributed by atoms with van der Waals surface area (Å²) in [6.07, 6.45) is 1.41. The first kappa shape index (κ1) is 21.9. The number of rotatable bonds is 3. The molecule has 37 heavy (non-hydrogen) atoms. The smallest absolute Gasteiger partial charge is 0.270 e. The van der Waals surface area contributed by atoms with E-state index in [0.29, 0.717) is 35.5 Å². The van der Waals surface area contributed by atoms with Crippen LogP contribution < -0.4 is 10.6 Å². The van der Waals surface area contributed by atoms with Crippen LogP contribution in [0.15, 0.2) is 72.8 Å². The summed E-state index contributed by atoms with van der Waals surface area (Å²) in [4.78, 5) is 56.0. The molecule has 7 rings (SSSR count). The predicted molar refractivity (Wildman–Crippen MR) is 134 cm³/mol. The van der Waals surface area contributed by atoms with Crippen molar-refractivity contribution < 1.29 is 19.3 Å². The number of carbonyl (C=O) groups excluding carboxylic acids is 3. The van der Waals surface area contributed by atoms with Crippen LogP contribution in [0.5, 0.6) is 0 Å². The Morgan fingerprint density at radius 2 is 1.59 bits per heavy atom. The van der Waals surface area contributed by atoms with E-state index in [4.69, 9.17) is 0 Å². The van der Waals surface area contributed by atoms with Crippen LogP contribution in [-0.4, -0.2) is 40.0 Å². The Balaban J connectivity index is 1.57. The van der Waals surface area contributed by atoms with E-state index in [1.807, 2.05) is 42.5 Å². The Labute approximate surface area is 211 Å². The van der Waals surface area contributed by atoms with Gasteiger partial charge in [0.1, 0.15) is 11.0 Å². The van der Waals surface area contributed by atoms with Crippen LogP contribution in [0.25, 0.3) is 0 Å². The van der Waals surface area contributed by atoms with E-state index in [2.05, 4.69) is 15.5 Å². The first-order valence-electron chi connectivity index (χ1n) is 12.3. The van der Waals surface area contributed by atoms with Crippen molar-refractivity contribution in [3.05, 3.63) is 99.6 Å². The quantitative estimate of drug-likeness (QED) is 0.326. The lowest BCUT2D eigenvalue weighted by Crippen LogP contribution is -2.55. The number of benzene rings is 3. The van der Waals surface area contributed by atoms with Crippen molar-refractivity contribution >= 4 is 34.7 Å². The lowest BCUT2D eigenvalue weighted by Gasteiger charge is -2.38. The molecule has 184 valence electrons. The molecule has 0 unspecified atom stereocenters. The fourth-order valence-corrected chi connectivity index (χ4v) is 7.44. The zero-order chi connectivity index (χ0) is 25.5. The van der Waals surface area contributed by atoms with Crippen LogP contribution in [0.1, 0.15) is 34.3 Å². The molecule has 0 aliphatic carbocycles. The van der Waals surface area contributed by atoms with Crippen LogP contribution >= 0.6 is 0 Å². The molecule has 0 saturated carbocycles. The van der Waals surface area contributed by atoms with Gasteiger partial charge in [0.05, 0.1) is 10.8 Å². The number of non-ortho nitro benzene ring substituents is 1. The average Bonchev–Trinajstić information content (AvgIpc) is 3.62. The normalized spacial score (nSPS) is 29.2. The van der Waals surface area contributed by atoms with Crippen molar-refractivity contribution in [3.8, 4) is 0 Å². The van der Waals surface area contributed by atoms with Crippen molar-refractivity contribution in [3.63, 3.8) is 0 Å². The van der Waals surface area contributed by atoms with Crippen molar-refractivity contribution in [1.29, 1.82) is 0 Å². The number of nitrogens with zero attached hydrogens (tertiary/aromatic N) is 2. The van der Waals surface area contributed by atoms with Gasteiger partial charge in [-0.3, -0.25) is 29.4 Å². The fraction of sp³-hybridized carbons (Fsp3) is 0.250. The Morgan fingerprint density at radius 3 is 2.35 bits per heavy atom. The average molecular weight is 495 g/mol. The molecule has 4 heterocycles. The number of hydrogen-bond acceptors (Lipinski definition) is 6. The number of amides is 2. The maximum absolute atomic E-state index is 14.7. The standard InChI is InChI=1S/C28H22N4O5/c33-23(16-7-5-8-17(15-16)32(36)37)24-27(18-9-1-3-11-20(18)29-25(27)34)22-13-6-14-31(22)28(24)19-10-2-4-12-21(19)30-26(28)35/h1-5,7-12,15,22,24H,6,13-14H2,(H,29,34)(H,30,35)/t22-,24-,27-,28-/m1/s1. The minimum Gasteiger partial charge on any atom is -0.325 e. The molecule has 2 fully saturated rings. The van der Waals surface area contributed by atoms with E-state index >= 15 is 0 Å². The molecule has 3 aromatic carbocycles. The molecule has 4 atom stereocenters. The molecular formula is C28H22N4O5. The first-order valence-corrected chi connectivity index (χ1v) is 12.3. The number of Topliss-reactive ketones (excluding diaryl/α,β-unsaturated/α-hetero) is 1. The van der Waals surface area contributed by atoms with E-state index in [1.54, 1.807) is 6.07 Å². The highest BCUT2D eigenvalue weighted by atomic mass is 16.6. The van der Waals surface area contributed by atoms with Crippen molar-refractivity contribution in [1.82, 2.24) is 4.90 Å². The van der Waals surface area contributed by atoms with Crippen LogP contribution in [-0.2, 0) is 20.5 Å². The molecule has 2 N–H and O–H groups in total. The van der Waals surface area contributed by atoms with E-state index in [1.165, 1.54) is 24.3 Å². The van der Waals surface area contributed by atoms with Gasteiger partial charge in [-0.25, -0.2) is 0 Å². The summed E-state index contributed by atoms with van der Waals surface area (Å²) >= 11 is 0. The maximum atomic E-state index is 14.7. The molecule has 9 heteroatoms. The van der Waals surface area contributed by atoms with Crippen LogP contribution in [0.4, 0.5) is 17.1 Å². The third-order valence-corrected chi connectivity index (χ3v) is 8.64. The molecule has 2 spiro atoms. The molecule has 0 bridgehead atoms. The number of carbonyl (C=O) groups is 3. The number of ketones is 1. The molecular weight excluding hydrogens is 472 g/mol. The summed E-state index contributed by atoms with van der Waals surface area (Å²) in [6.45, 7) is 0.544. The van der Waals surface area contributed by atoms with Gasteiger partial charge < -0.3 is 10.6 Å². The highest BCUT2D eigenvalue weighted by Crippen LogP contribution is 2.66. The monoisotopic (exact) mass is 494 g/mol. The van der Waals surface area contributed by atoms with Crippen molar-refractivity contribution in [2.75, 3.05) is 17.2 Å². The summed E-state index contributed by atoms with van der Waals surface area (Å²) < 4.78 is 0. The van der Waals surface area contributed by atoms with Gasteiger partial charge in [-0.2, -0.15) is 0 Å². The van der Waals surface area contributed by atoms with Gasteiger partial charge >= 0.3 is 0 Å². The first-order chi connectivity index (χ1) is 17.9. The van der Waals surface area contributed by atoms with Gasteiger partial charge in [0.15, 0.2) is 5.78 Å². The van der Waals surface area contributed by atoms with Gasteiger partial charge in [0.25, 0.3) is 5.69 Å². The summed E-state index contributed by atoms with van der Waals surface area (Å²) in [5, 5.41) is 17.5. The van der Waals surface area contributed by atoms with Crippen molar-refractivity contribution in [2.24, 2.45) is 5.92 Å². The summed E-state index contributed by atoms with van der Waals surface area (Å²) in [6, 6.07) is 19.8. The minimum atomic E-state index is -1.44. The van der Waals surface area contributed by atoms with Gasteiger partial charge in [0.2, 0.25) is 11.8 Å². The maximum Gasteiger partial charge on any atom is 0.270 e. The number of fused-ring (bicyclic) bond motifs is 7. The number of para-hydroxylation sites is 2. The molecule has 2 saturated heterocycles. The zero-order valence-electron chi connectivity index (χ0n) is 19.6. The summed E-state index contributed by atoms with van der Waals surface area (Å²) in [7, 11) is 0. The highest BCUT2D eigenvalue weighted by molar-refractivity contribution is 6.18. The largest absolute Gasteiger partial charge is 0.325 e. The van der Waals surface area contributed by atoms with Gasteiger partial charge in [0, 0.05) is 40.7 Å². The Morgan fingerprint density at radius 1 is 0.919 bits per heavy atom. The Kier molecular flexibility index (Phi) is 4.33. The third kappa shape index (κ3) is 2.49. The Bertz CT molecular complexity index is 1470. The number of anilines is 2. The van der Waals surface area contributed by atoms with Crippen molar-refractivity contribution in [2.45, 2.75) is 29.8 Å². The fourth-order valence-electron chi connectivity index (χ4n) is 7.44. The SMILES string of the molecule is O=C(c1cccc([N+](=O)[O-])c1)[C@@H]1[C@]2(C(=O)Nc3ccccc32)[C@H]2CCCN2[C@@]12C(=O)Nc1ccccc12. The number of hydrogen-bond donors (Lipinski definition) is 2. The molecule has 4 aliphatic rings. The molecule has 0 radical (unpaired) electrons. The van der Waals surface area contributed by atoms with E-state index in [0.717, 1.165) is 6.42 Å². The van der Waals surface area contributed by atoms with Crippen LogP contribution in [0, 0.1) is 16.0 Å². The third-order valence-electron chi connectivity index (χ3n) is 8.64. The summed E-state index contributed by atoms with van der Waals surface area (Å²) in [5.74, 6) is -2.27. The molecule has 0 aromatic heterocycles. The molecule has 3 aromatic rings. The number of nitrogens with one attached hydrogen (secondary N) is 2. The topological polar surface area (TPSA) is 122 Å².